The van der Waals surface area contributed by atoms with Crippen molar-refractivity contribution < 1.29 is 23.5 Å². The summed E-state index contributed by atoms with van der Waals surface area (Å²) in [6.45, 7) is 2.04. The average molecular weight is 398 g/mol. The molecule has 0 N–H and O–H groups in total. The molecule has 29 heavy (non-hydrogen) atoms. The van der Waals surface area contributed by atoms with Gasteiger partial charge in [-0.05, 0) is 48.4 Å². The van der Waals surface area contributed by atoms with E-state index in [0.29, 0.717) is 18.7 Å². The summed E-state index contributed by atoms with van der Waals surface area (Å²) in [7, 11) is 1.59. The summed E-state index contributed by atoms with van der Waals surface area (Å²) >= 11 is 0. The van der Waals surface area contributed by atoms with E-state index < -0.39 is 23.7 Å². The molecule has 0 saturated carbocycles. The van der Waals surface area contributed by atoms with Crippen LogP contribution >= 0.6 is 0 Å². The first-order valence-corrected chi connectivity index (χ1v) is 9.49. The lowest BCUT2D eigenvalue weighted by Gasteiger charge is -2.27. The number of amides is 3. The lowest BCUT2D eigenvalue weighted by molar-refractivity contribution is -0.138. The number of imide groups is 1. The molecule has 152 valence electrons. The van der Waals surface area contributed by atoms with Crippen molar-refractivity contribution in [1.29, 1.82) is 0 Å². The molecule has 3 amide bonds. The van der Waals surface area contributed by atoms with Crippen LogP contribution in [-0.4, -0.2) is 42.3 Å². The molecular formula is C22H23FN2O4. The van der Waals surface area contributed by atoms with Gasteiger partial charge in [-0.1, -0.05) is 19.1 Å². The van der Waals surface area contributed by atoms with E-state index in [9.17, 15) is 18.8 Å². The Kier molecular flexibility index (Phi) is 6.26. The molecule has 0 spiro atoms. The summed E-state index contributed by atoms with van der Waals surface area (Å²) in [6, 6.07) is 11.8. The Morgan fingerprint density at radius 3 is 2.38 bits per heavy atom. The van der Waals surface area contributed by atoms with Gasteiger partial charge in [0.2, 0.25) is 11.8 Å². The second-order valence-corrected chi connectivity index (χ2v) is 6.80. The Hall–Kier alpha value is -3.22. The molecule has 2 aromatic carbocycles. The Morgan fingerprint density at radius 1 is 1.14 bits per heavy atom. The number of ether oxygens (including phenoxy) is 1. The van der Waals surface area contributed by atoms with Crippen molar-refractivity contribution in [2.75, 3.05) is 18.6 Å². The van der Waals surface area contributed by atoms with Crippen molar-refractivity contribution in [3.63, 3.8) is 0 Å². The Labute approximate surface area is 168 Å². The standard InChI is InChI=1S/C22H23FN2O4/c1-3-20(26)24(13-12-15-4-10-18(29-2)11-5-15)19-14-21(27)25(22(19)28)17-8-6-16(23)7-9-17/h4-11,19H,3,12-14H2,1-2H3. The van der Waals surface area contributed by atoms with Crippen LogP contribution in [0.5, 0.6) is 5.75 Å². The number of benzene rings is 2. The molecular weight excluding hydrogens is 375 g/mol. The summed E-state index contributed by atoms with van der Waals surface area (Å²) in [6.07, 6.45) is 0.700. The molecule has 0 bridgehead atoms. The SMILES string of the molecule is CCC(=O)N(CCc1ccc(OC)cc1)C1CC(=O)N(c2ccc(F)cc2)C1=O. The molecule has 1 saturated heterocycles. The van der Waals surface area contributed by atoms with Gasteiger partial charge in [0.1, 0.15) is 17.6 Å². The van der Waals surface area contributed by atoms with Gasteiger partial charge in [-0.25, -0.2) is 9.29 Å². The van der Waals surface area contributed by atoms with Gasteiger partial charge in [0, 0.05) is 13.0 Å². The molecule has 0 aromatic heterocycles. The maximum Gasteiger partial charge on any atom is 0.257 e. The van der Waals surface area contributed by atoms with E-state index in [1.54, 1.807) is 14.0 Å². The third-order valence-electron chi connectivity index (χ3n) is 5.01. The van der Waals surface area contributed by atoms with Crippen LogP contribution in [0.1, 0.15) is 25.3 Å². The van der Waals surface area contributed by atoms with Crippen LogP contribution in [0.3, 0.4) is 0 Å². The second-order valence-electron chi connectivity index (χ2n) is 6.80. The Balaban J connectivity index is 1.77. The van der Waals surface area contributed by atoms with Crippen LogP contribution in [0.2, 0.25) is 0 Å². The minimum Gasteiger partial charge on any atom is -0.497 e. The number of halogens is 1. The number of nitrogens with zero attached hydrogens (tertiary/aromatic N) is 2. The molecule has 1 unspecified atom stereocenters. The molecule has 7 heteroatoms. The average Bonchev–Trinajstić information content (AvgIpc) is 3.03. The van der Waals surface area contributed by atoms with Crippen LogP contribution in [0.15, 0.2) is 48.5 Å². The third kappa shape index (κ3) is 4.45. The molecule has 0 aliphatic carbocycles. The predicted octanol–water partition coefficient (Wildman–Crippen LogP) is 2.95. The number of methoxy groups -OCH3 is 1. The minimum absolute atomic E-state index is 0.0788. The van der Waals surface area contributed by atoms with Gasteiger partial charge in [-0.3, -0.25) is 14.4 Å². The zero-order chi connectivity index (χ0) is 21.0. The summed E-state index contributed by atoms with van der Waals surface area (Å²) < 4.78 is 18.3. The maximum atomic E-state index is 13.2. The normalized spacial score (nSPS) is 16.2. The van der Waals surface area contributed by atoms with Gasteiger partial charge < -0.3 is 9.64 Å². The highest BCUT2D eigenvalue weighted by molar-refractivity contribution is 6.23. The third-order valence-corrected chi connectivity index (χ3v) is 5.01. The van der Waals surface area contributed by atoms with E-state index in [1.807, 2.05) is 24.3 Å². The Morgan fingerprint density at radius 2 is 1.79 bits per heavy atom. The van der Waals surface area contributed by atoms with Crippen molar-refractivity contribution in [2.45, 2.75) is 32.2 Å². The Bertz CT molecular complexity index is 896. The van der Waals surface area contributed by atoms with E-state index in [0.717, 1.165) is 16.2 Å². The van der Waals surface area contributed by atoms with E-state index in [-0.39, 0.29) is 18.7 Å². The van der Waals surface area contributed by atoms with Crippen LogP contribution in [0.25, 0.3) is 0 Å². The zero-order valence-electron chi connectivity index (χ0n) is 16.4. The van der Waals surface area contributed by atoms with E-state index in [2.05, 4.69) is 0 Å². The van der Waals surface area contributed by atoms with Gasteiger partial charge in [0.25, 0.3) is 5.91 Å². The van der Waals surface area contributed by atoms with Gasteiger partial charge in [0.15, 0.2) is 0 Å². The number of hydrogen-bond donors (Lipinski definition) is 0. The summed E-state index contributed by atoms with van der Waals surface area (Å²) in [4.78, 5) is 40.5. The quantitative estimate of drug-likeness (QED) is 0.673. The summed E-state index contributed by atoms with van der Waals surface area (Å²) in [5.74, 6) is -0.762. The maximum absolute atomic E-state index is 13.2. The highest BCUT2D eigenvalue weighted by Gasteiger charge is 2.43. The molecule has 0 radical (unpaired) electrons. The topological polar surface area (TPSA) is 66.9 Å². The van der Waals surface area contributed by atoms with Crippen molar-refractivity contribution >= 4 is 23.4 Å². The number of rotatable bonds is 7. The first-order valence-electron chi connectivity index (χ1n) is 9.49. The monoisotopic (exact) mass is 398 g/mol. The smallest absolute Gasteiger partial charge is 0.257 e. The molecule has 3 rings (SSSR count). The predicted molar refractivity (Wildman–Crippen MR) is 106 cm³/mol. The second kappa shape index (κ2) is 8.86. The van der Waals surface area contributed by atoms with Crippen LogP contribution < -0.4 is 9.64 Å². The number of carbonyl (C=O) groups is 3. The van der Waals surface area contributed by atoms with Crippen LogP contribution in [0, 0.1) is 5.82 Å². The molecule has 1 heterocycles. The van der Waals surface area contributed by atoms with Gasteiger partial charge in [-0.2, -0.15) is 0 Å². The molecule has 1 fully saturated rings. The number of anilines is 1. The first-order chi connectivity index (χ1) is 13.9. The van der Waals surface area contributed by atoms with Crippen LogP contribution in [-0.2, 0) is 20.8 Å². The molecule has 6 nitrogen and oxygen atoms in total. The molecule has 1 aliphatic rings. The van der Waals surface area contributed by atoms with E-state index in [4.69, 9.17) is 4.74 Å². The molecule has 1 aliphatic heterocycles. The van der Waals surface area contributed by atoms with Crippen molar-refractivity contribution in [3.8, 4) is 5.75 Å². The number of carbonyl (C=O) groups excluding carboxylic acids is 3. The highest BCUT2D eigenvalue weighted by Crippen LogP contribution is 2.26. The lowest BCUT2D eigenvalue weighted by Crippen LogP contribution is -2.46. The summed E-state index contributed by atoms with van der Waals surface area (Å²) in [5, 5.41) is 0. The van der Waals surface area contributed by atoms with Gasteiger partial charge >= 0.3 is 0 Å². The van der Waals surface area contributed by atoms with Crippen molar-refractivity contribution in [3.05, 3.63) is 59.9 Å². The fourth-order valence-electron chi connectivity index (χ4n) is 3.42. The summed E-state index contributed by atoms with van der Waals surface area (Å²) in [5.41, 5.74) is 1.30. The lowest BCUT2D eigenvalue weighted by atomic mass is 10.1. The van der Waals surface area contributed by atoms with Crippen LogP contribution in [0.4, 0.5) is 10.1 Å². The fourth-order valence-corrected chi connectivity index (χ4v) is 3.42. The number of hydrogen-bond acceptors (Lipinski definition) is 4. The molecule has 1 atom stereocenters. The van der Waals surface area contributed by atoms with E-state index >= 15 is 0 Å². The first kappa shape index (κ1) is 20.5. The van der Waals surface area contributed by atoms with Crippen molar-refractivity contribution in [1.82, 2.24) is 4.90 Å². The van der Waals surface area contributed by atoms with Gasteiger partial charge in [0.05, 0.1) is 19.2 Å². The minimum atomic E-state index is -0.849. The van der Waals surface area contributed by atoms with E-state index in [1.165, 1.54) is 29.2 Å². The largest absolute Gasteiger partial charge is 0.497 e. The molecule has 2 aromatic rings. The highest BCUT2D eigenvalue weighted by atomic mass is 19.1. The zero-order valence-corrected chi connectivity index (χ0v) is 16.4. The fraction of sp³-hybridized carbons (Fsp3) is 0.318. The van der Waals surface area contributed by atoms with Crippen molar-refractivity contribution in [2.24, 2.45) is 0 Å². The van der Waals surface area contributed by atoms with Gasteiger partial charge in [-0.15, -0.1) is 0 Å².